The van der Waals surface area contributed by atoms with Crippen LogP contribution in [0.15, 0.2) is 42.6 Å². The first-order chi connectivity index (χ1) is 13.7. The third kappa shape index (κ3) is 5.40. The minimum Gasteiger partial charge on any atom is -0.484 e. The molecule has 2 heterocycles. The predicted molar refractivity (Wildman–Crippen MR) is 104 cm³/mol. The fourth-order valence-electron chi connectivity index (χ4n) is 3.11. The maximum atomic E-state index is 12.6. The summed E-state index contributed by atoms with van der Waals surface area (Å²) < 4.78 is 43.5. The number of hydrogen-bond donors (Lipinski definition) is 0. The summed E-state index contributed by atoms with van der Waals surface area (Å²) in [7, 11) is 0. The number of anilines is 1. The predicted octanol–water partition coefficient (Wildman–Crippen LogP) is 3.95. The maximum absolute atomic E-state index is 12.6. The standard InChI is InChI=1S/C21H24F3N3O2/c1-15(2)16-3-6-18(7-4-16)29-14-20(28)27-11-9-26(10-12-27)19-8-5-17(13-25-19)21(22,23)24/h3-8,13,15H,9-12,14H2,1-2H3. The molecule has 0 unspecified atom stereocenters. The molecule has 0 spiro atoms. The van der Waals surface area contributed by atoms with E-state index in [1.807, 2.05) is 29.2 Å². The van der Waals surface area contributed by atoms with Gasteiger partial charge in [0.25, 0.3) is 5.91 Å². The number of rotatable bonds is 5. The summed E-state index contributed by atoms with van der Waals surface area (Å²) in [6, 6.07) is 10.1. The van der Waals surface area contributed by atoms with Crippen LogP contribution in [0.4, 0.5) is 19.0 Å². The van der Waals surface area contributed by atoms with Gasteiger partial charge in [0.05, 0.1) is 5.56 Å². The normalized spacial score (nSPS) is 15.0. The van der Waals surface area contributed by atoms with Gasteiger partial charge < -0.3 is 14.5 Å². The molecule has 1 aliphatic heterocycles. The second-order valence-corrected chi connectivity index (χ2v) is 7.28. The fourth-order valence-corrected chi connectivity index (χ4v) is 3.11. The van der Waals surface area contributed by atoms with Gasteiger partial charge in [0.2, 0.25) is 0 Å². The molecule has 1 aromatic heterocycles. The summed E-state index contributed by atoms with van der Waals surface area (Å²) in [6.07, 6.45) is -3.56. The number of carbonyl (C=O) groups is 1. The molecule has 1 fully saturated rings. The van der Waals surface area contributed by atoms with Crippen molar-refractivity contribution in [2.75, 3.05) is 37.7 Å². The lowest BCUT2D eigenvalue weighted by atomic mass is 10.0. The van der Waals surface area contributed by atoms with Crippen molar-refractivity contribution in [3.8, 4) is 5.75 Å². The zero-order valence-corrected chi connectivity index (χ0v) is 16.4. The van der Waals surface area contributed by atoms with E-state index in [1.165, 1.54) is 11.6 Å². The fraction of sp³-hybridized carbons (Fsp3) is 0.429. The molecule has 156 valence electrons. The van der Waals surface area contributed by atoms with Crippen LogP contribution in [0.2, 0.25) is 0 Å². The molecule has 8 heteroatoms. The largest absolute Gasteiger partial charge is 0.484 e. The van der Waals surface area contributed by atoms with E-state index in [-0.39, 0.29) is 12.5 Å². The highest BCUT2D eigenvalue weighted by atomic mass is 19.4. The first-order valence-corrected chi connectivity index (χ1v) is 9.53. The Kier molecular flexibility index (Phi) is 6.30. The van der Waals surface area contributed by atoms with Crippen LogP contribution in [0, 0.1) is 0 Å². The smallest absolute Gasteiger partial charge is 0.417 e. The van der Waals surface area contributed by atoms with Gasteiger partial charge in [0, 0.05) is 32.4 Å². The van der Waals surface area contributed by atoms with E-state index in [1.54, 1.807) is 4.90 Å². The molecule has 1 aliphatic rings. The molecule has 0 radical (unpaired) electrons. The van der Waals surface area contributed by atoms with Gasteiger partial charge in [-0.1, -0.05) is 26.0 Å². The van der Waals surface area contributed by atoms with Crippen molar-refractivity contribution in [2.24, 2.45) is 0 Å². The summed E-state index contributed by atoms with van der Waals surface area (Å²) in [6.45, 7) is 6.13. The highest BCUT2D eigenvalue weighted by molar-refractivity contribution is 5.78. The third-order valence-electron chi connectivity index (χ3n) is 4.94. The van der Waals surface area contributed by atoms with Crippen LogP contribution in [0.1, 0.15) is 30.9 Å². The monoisotopic (exact) mass is 407 g/mol. The van der Waals surface area contributed by atoms with Crippen LogP contribution < -0.4 is 9.64 Å². The second-order valence-electron chi connectivity index (χ2n) is 7.28. The highest BCUT2D eigenvalue weighted by Crippen LogP contribution is 2.29. The Morgan fingerprint density at radius 2 is 1.72 bits per heavy atom. The van der Waals surface area contributed by atoms with Gasteiger partial charge >= 0.3 is 6.18 Å². The Hall–Kier alpha value is -2.77. The Morgan fingerprint density at radius 1 is 1.07 bits per heavy atom. The SMILES string of the molecule is CC(C)c1ccc(OCC(=O)N2CCN(c3ccc(C(F)(F)F)cn3)CC2)cc1. The van der Waals surface area contributed by atoms with Gasteiger partial charge in [0.15, 0.2) is 6.61 Å². The minimum absolute atomic E-state index is 0.0421. The number of ether oxygens (including phenoxy) is 1. The Bertz CT molecular complexity index is 813. The number of aromatic nitrogens is 1. The Morgan fingerprint density at radius 3 is 2.24 bits per heavy atom. The summed E-state index contributed by atoms with van der Waals surface area (Å²) >= 11 is 0. The molecule has 1 aromatic carbocycles. The van der Waals surface area contributed by atoms with Gasteiger partial charge in [-0.05, 0) is 35.7 Å². The van der Waals surface area contributed by atoms with Gasteiger partial charge in [-0.2, -0.15) is 13.2 Å². The van der Waals surface area contributed by atoms with Crippen LogP contribution in [0.3, 0.4) is 0 Å². The molecule has 1 amide bonds. The molecule has 0 atom stereocenters. The van der Waals surface area contributed by atoms with Crippen LogP contribution in [-0.2, 0) is 11.0 Å². The second kappa shape index (κ2) is 8.71. The number of pyridine rings is 1. The average Bonchev–Trinajstić information content (AvgIpc) is 2.72. The molecule has 3 rings (SSSR count). The van der Waals surface area contributed by atoms with E-state index in [4.69, 9.17) is 4.74 Å². The van der Waals surface area contributed by atoms with Crippen molar-refractivity contribution in [1.82, 2.24) is 9.88 Å². The number of amides is 1. The molecule has 29 heavy (non-hydrogen) atoms. The van der Waals surface area contributed by atoms with E-state index in [9.17, 15) is 18.0 Å². The molecule has 1 saturated heterocycles. The van der Waals surface area contributed by atoms with Crippen molar-refractivity contribution in [1.29, 1.82) is 0 Å². The number of piperazine rings is 1. The molecular formula is C21H24F3N3O2. The van der Waals surface area contributed by atoms with Gasteiger partial charge in [0.1, 0.15) is 11.6 Å². The topological polar surface area (TPSA) is 45.7 Å². The van der Waals surface area contributed by atoms with Crippen LogP contribution >= 0.6 is 0 Å². The summed E-state index contributed by atoms with van der Waals surface area (Å²) in [5.41, 5.74) is 0.435. The van der Waals surface area contributed by atoms with Crippen LogP contribution in [-0.4, -0.2) is 48.6 Å². The number of nitrogens with zero attached hydrogens (tertiary/aromatic N) is 3. The van der Waals surface area contributed by atoms with E-state index < -0.39 is 11.7 Å². The van der Waals surface area contributed by atoms with E-state index in [0.29, 0.717) is 43.7 Å². The van der Waals surface area contributed by atoms with E-state index in [2.05, 4.69) is 18.8 Å². The van der Waals surface area contributed by atoms with Gasteiger partial charge in [-0.3, -0.25) is 4.79 Å². The lowest BCUT2D eigenvalue weighted by molar-refractivity contribution is -0.138. The zero-order valence-electron chi connectivity index (χ0n) is 16.4. The molecule has 5 nitrogen and oxygen atoms in total. The zero-order chi connectivity index (χ0) is 21.0. The number of alkyl halides is 3. The maximum Gasteiger partial charge on any atom is 0.417 e. The Labute approximate surface area is 168 Å². The third-order valence-corrected chi connectivity index (χ3v) is 4.94. The quantitative estimate of drug-likeness (QED) is 0.753. The van der Waals surface area contributed by atoms with E-state index in [0.717, 1.165) is 12.3 Å². The van der Waals surface area contributed by atoms with E-state index >= 15 is 0 Å². The number of carbonyl (C=O) groups excluding carboxylic acids is 1. The minimum atomic E-state index is -4.40. The molecule has 0 saturated carbocycles. The van der Waals surface area contributed by atoms with Crippen molar-refractivity contribution >= 4 is 11.7 Å². The van der Waals surface area contributed by atoms with Crippen molar-refractivity contribution in [2.45, 2.75) is 25.9 Å². The summed E-state index contributed by atoms with van der Waals surface area (Å²) in [5, 5.41) is 0. The van der Waals surface area contributed by atoms with Crippen LogP contribution in [0.25, 0.3) is 0 Å². The molecular weight excluding hydrogens is 383 g/mol. The van der Waals surface area contributed by atoms with Gasteiger partial charge in [-0.15, -0.1) is 0 Å². The lowest BCUT2D eigenvalue weighted by Gasteiger charge is -2.35. The summed E-state index contributed by atoms with van der Waals surface area (Å²) in [5.74, 6) is 1.45. The molecule has 0 bridgehead atoms. The average molecular weight is 407 g/mol. The van der Waals surface area contributed by atoms with Crippen LogP contribution in [0.5, 0.6) is 5.75 Å². The first kappa shape index (κ1) is 21.0. The first-order valence-electron chi connectivity index (χ1n) is 9.53. The number of halogens is 3. The highest BCUT2D eigenvalue weighted by Gasteiger charge is 2.31. The van der Waals surface area contributed by atoms with Gasteiger partial charge in [-0.25, -0.2) is 4.98 Å². The number of hydrogen-bond acceptors (Lipinski definition) is 4. The Balaban J connectivity index is 1.48. The van der Waals surface area contributed by atoms with Crippen molar-refractivity contribution in [3.05, 3.63) is 53.7 Å². The lowest BCUT2D eigenvalue weighted by Crippen LogP contribution is -2.50. The van der Waals surface area contributed by atoms with Crippen molar-refractivity contribution < 1.29 is 22.7 Å². The molecule has 0 N–H and O–H groups in total. The molecule has 0 aliphatic carbocycles. The van der Waals surface area contributed by atoms with Crippen molar-refractivity contribution in [3.63, 3.8) is 0 Å². The number of benzene rings is 1. The molecule has 2 aromatic rings. The summed E-state index contributed by atoms with van der Waals surface area (Å²) in [4.78, 5) is 19.9.